The highest BCUT2D eigenvalue weighted by atomic mass is 32.2. The van der Waals surface area contributed by atoms with Gasteiger partial charge in [-0.2, -0.15) is 0 Å². The highest BCUT2D eigenvalue weighted by Crippen LogP contribution is 2.25. The minimum Gasteiger partial charge on any atom is -0.370 e. The highest BCUT2D eigenvalue weighted by molar-refractivity contribution is 7.89. The summed E-state index contributed by atoms with van der Waals surface area (Å²) < 4.78 is 22.8. The van der Waals surface area contributed by atoms with Crippen molar-refractivity contribution in [2.75, 3.05) is 18.1 Å². The molecular weight excluding hydrogens is 262 g/mol. The molecule has 0 unspecified atom stereocenters. The summed E-state index contributed by atoms with van der Waals surface area (Å²) in [6.07, 6.45) is 6.59. The van der Waals surface area contributed by atoms with Crippen LogP contribution in [0, 0.1) is 0 Å². The molecule has 1 aliphatic rings. The van der Waals surface area contributed by atoms with Gasteiger partial charge in [-0.3, -0.25) is 0 Å². The molecule has 5 nitrogen and oxygen atoms in total. The summed E-state index contributed by atoms with van der Waals surface area (Å²) in [7, 11) is -3.10. The van der Waals surface area contributed by atoms with Gasteiger partial charge in [0.05, 0.1) is 0 Å². The van der Waals surface area contributed by atoms with Crippen LogP contribution in [-0.2, 0) is 28.4 Å². The molecule has 1 aromatic heterocycles. The van der Waals surface area contributed by atoms with Crippen molar-refractivity contribution in [1.29, 1.82) is 0 Å². The molecule has 0 aliphatic heterocycles. The lowest BCUT2D eigenvalue weighted by molar-refractivity contribution is 0.599. The van der Waals surface area contributed by atoms with E-state index in [0.29, 0.717) is 5.82 Å². The predicted octanol–water partition coefficient (Wildman–Crippen LogP) is 1.72. The smallest absolute Gasteiger partial charge is 0.154 e. The highest BCUT2D eigenvalue weighted by Gasteiger charge is 2.18. The molecule has 2 rings (SSSR count). The van der Waals surface area contributed by atoms with E-state index in [9.17, 15) is 8.42 Å². The minimum absolute atomic E-state index is 0.0846. The van der Waals surface area contributed by atoms with Crippen molar-refractivity contribution in [2.24, 2.45) is 0 Å². The maximum absolute atomic E-state index is 11.4. The zero-order chi connectivity index (χ0) is 13.9. The fourth-order valence-corrected chi connectivity index (χ4v) is 3.03. The molecular formula is C13H21N3O2S. The Morgan fingerprint density at radius 2 is 1.89 bits per heavy atom. The molecule has 1 aliphatic carbocycles. The first-order chi connectivity index (χ1) is 8.99. The van der Waals surface area contributed by atoms with Crippen molar-refractivity contribution in [2.45, 2.75) is 44.8 Å². The average molecular weight is 283 g/mol. The van der Waals surface area contributed by atoms with Crippen LogP contribution >= 0.6 is 0 Å². The van der Waals surface area contributed by atoms with Gasteiger partial charge >= 0.3 is 0 Å². The summed E-state index contributed by atoms with van der Waals surface area (Å²) in [6, 6.07) is 0. The maximum atomic E-state index is 11.4. The third kappa shape index (κ3) is 3.89. The number of anilines is 1. The number of rotatable bonds is 4. The summed E-state index contributed by atoms with van der Waals surface area (Å²) in [6.45, 7) is 2.79. The van der Waals surface area contributed by atoms with Crippen molar-refractivity contribution in [3.63, 3.8) is 0 Å². The Morgan fingerprint density at radius 1 is 1.16 bits per heavy atom. The summed E-state index contributed by atoms with van der Waals surface area (Å²) in [4.78, 5) is 8.87. The Labute approximate surface area is 114 Å². The van der Waals surface area contributed by atoms with Gasteiger partial charge in [0.1, 0.15) is 17.4 Å². The van der Waals surface area contributed by atoms with Gasteiger partial charge in [0.25, 0.3) is 0 Å². The Hall–Kier alpha value is -1.17. The second-order valence-corrected chi connectivity index (χ2v) is 7.21. The third-order valence-electron chi connectivity index (χ3n) is 3.21. The molecule has 19 heavy (non-hydrogen) atoms. The van der Waals surface area contributed by atoms with Gasteiger partial charge < -0.3 is 5.32 Å². The van der Waals surface area contributed by atoms with E-state index in [2.05, 4.69) is 15.3 Å². The number of hydrogen-bond donors (Lipinski definition) is 1. The average Bonchev–Trinajstić information content (AvgIpc) is 2.52. The maximum Gasteiger partial charge on any atom is 0.154 e. The van der Waals surface area contributed by atoms with Crippen LogP contribution in [0.1, 0.15) is 43.3 Å². The van der Waals surface area contributed by atoms with Crippen LogP contribution in [0.4, 0.5) is 5.82 Å². The minimum atomic E-state index is -3.10. The number of hydrogen-bond acceptors (Lipinski definition) is 5. The molecule has 0 spiro atoms. The van der Waals surface area contributed by atoms with E-state index in [1.807, 2.05) is 6.92 Å². The van der Waals surface area contributed by atoms with Crippen LogP contribution in [0.15, 0.2) is 0 Å². The molecule has 0 saturated heterocycles. The first-order valence-electron chi connectivity index (χ1n) is 6.80. The number of aryl methyl sites for hydroxylation is 1. The molecule has 0 radical (unpaired) electrons. The van der Waals surface area contributed by atoms with Crippen LogP contribution in [0.25, 0.3) is 0 Å². The largest absolute Gasteiger partial charge is 0.370 e. The second kappa shape index (κ2) is 5.86. The van der Waals surface area contributed by atoms with Gasteiger partial charge in [-0.25, -0.2) is 18.4 Å². The summed E-state index contributed by atoms with van der Waals surface area (Å²) in [5.41, 5.74) is 2.21. The lowest BCUT2D eigenvalue weighted by atomic mass is 10.1. The quantitative estimate of drug-likeness (QED) is 0.852. The topological polar surface area (TPSA) is 72.0 Å². The van der Waals surface area contributed by atoms with Gasteiger partial charge in [0.2, 0.25) is 0 Å². The van der Waals surface area contributed by atoms with Gasteiger partial charge in [-0.05, 0) is 32.6 Å². The number of fused-ring (bicyclic) bond motifs is 1. The first kappa shape index (κ1) is 14.2. The second-order valence-electron chi connectivity index (χ2n) is 5.07. The monoisotopic (exact) mass is 283 g/mol. The molecule has 1 aromatic rings. The van der Waals surface area contributed by atoms with Gasteiger partial charge in [-0.1, -0.05) is 6.42 Å². The molecule has 0 atom stereocenters. The summed E-state index contributed by atoms with van der Waals surface area (Å²) in [5, 5.41) is 3.24. The normalized spacial score (nSPS) is 15.7. The Morgan fingerprint density at radius 3 is 2.58 bits per heavy atom. The number of nitrogens with one attached hydrogen (secondary N) is 1. The number of nitrogens with zero attached hydrogens (tertiary/aromatic N) is 2. The van der Waals surface area contributed by atoms with Crippen molar-refractivity contribution in [3.05, 3.63) is 17.1 Å². The predicted molar refractivity (Wildman–Crippen MR) is 76.0 cm³/mol. The van der Waals surface area contributed by atoms with E-state index < -0.39 is 9.84 Å². The van der Waals surface area contributed by atoms with E-state index in [1.54, 1.807) is 0 Å². The lowest BCUT2D eigenvalue weighted by Crippen LogP contribution is -2.13. The van der Waals surface area contributed by atoms with E-state index in [4.69, 9.17) is 0 Å². The van der Waals surface area contributed by atoms with Gasteiger partial charge in [0, 0.05) is 24.1 Å². The molecule has 0 saturated carbocycles. The fourth-order valence-electron chi connectivity index (χ4n) is 2.43. The molecule has 6 heteroatoms. The Balaban J connectivity index is 2.42. The summed E-state index contributed by atoms with van der Waals surface area (Å²) in [5.74, 6) is 1.16. The van der Waals surface area contributed by atoms with Crippen LogP contribution in [0.3, 0.4) is 0 Å². The molecule has 1 N–H and O–H groups in total. The standard InChI is InChI=1S/C13H21N3O2S/c1-3-14-13-10-7-5-4-6-8-11(10)15-12(16-13)9-19(2,17)18/h3-9H2,1-2H3,(H,14,15,16). The van der Waals surface area contributed by atoms with Crippen LogP contribution in [-0.4, -0.2) is 31.2 Å². The molecule has 0 fully saturated rings. The SMILES string of the molecule is CCNc1nc(CS(C)(=O)=O)nc2c1CCCCC2. The molecule has 0 aromatic carbocycles. The first-order valence-corrected chi connectivity index (χ1v) is 8.86. The summed E-state index contributed by atoms with van der Waals surface area (Å²) >= 11 is 0. The van der Waals surface area contributed by atoms with Crippen molar-refractivity contribution in [3.8, 4) is 0 Å². The number of aromatic nitrogens is 2. The van der Waals surface area contributed by atoms with E-state index in [1.165, 1.54) is 18.2 Å². The van der Waals surface area contributed by atoms with Crippen LogP contribution < -0.4 is 5.32 Å². The zero-order valence-electron chi connectivity index (χ0n) is 11.6. The molecule has 106 valence electrons. The van der Waals surface area contributed by atoms with Gasteiger partial charge in [0.15, 0.2) is 9.84 Å². The van der Waals surface area contributed by atoms with Gasteiger partial charge in [-0.15, -0.1) is 0 Å². The van der Waals surface area contributed by atoms with E-state index in [-0.39, 0.29) is 5.75 Å². The van der Waals surface area contributed by atoms with Crippen molar-refractivity contribution in [1.82, 2.24) is 9.97 Å². The number of sulfone groups is 1. The van der Waals surface area contributed by atoms with E-state index in [0.717, 1.165) is 43.7 Å². The molecule has 0 amide bonds. The Kier molecular flexibility index (Phi) is 4.39. The fraction of sp³-hybridized carbons (Fsp3) is 0.692. The van der Waals surface area contributed by atoms with Crippen molar-refractivity contribution >= 4 is 15.7 Å². The zero-order valence-corrected chi connectivity index (χ0v) is 12.4. The third-order valence-corrected chi connectivity index (χ3v) is 4.00. The van der Waals surface area contributed by atoms with E-state index >= 15 is 0 Å². The Bertz CT molecular complexity index is 555. The van der Waals surface area contributed by atoms with Crippen LogP contribution in [0.2, 0.25) is 0 Å². The van der Waals surface area contributed by atoms with Crippen LogP contribution in [0.5, 0.6) is 0 Å². The molecule has 1 heterocycles. The molecule has 0 bridgehead atoms. The van der Waals surface area contributed by atoms with Crippen molar-refractivity contribution < 1.29 is 8.42 Å². The lowest BCUT2D eigenvalue weighted by Gasteiger charge is -2.13.